The lowest BCUT2D eigenvalue weighted by Crippen LogP contribution is -2.29. The third-order valence-corrected chi connectivity index (χ3v) is 6.16. The van der Waals surface area contributed by atoms with Gasteiger partial charge in [-0.2, -0.15) is 0 Å². The van der Waals surface area contributed by atoms with Crippen LogP contribution in [0.5, 0.6) is 5.75 Å². The van der Waals surface area contributed by atoms with Gasteiger partial charge >= 0.3 is 5.97 Å². The zero-order chi connectivity index (χ0) is 23.2. The van der Waals surface area contributed by atoms with E-state index in [-0.39, 0.29) is 18.6 Å². The highest BCUT2D eigenvalue weighted by molar-refractivity contribution is 5.71. The molecular formula is C27H30FNO4. The van der Waals surface area contributed by atoms with Crippen LogP contribution in [0.1, 0.15) is 42.3 Å². The Morgan fingerprint density at radius 2 is 1.82 bits per heavy atom. The van der Waals surface area contributed by atoms with E-state index >= 15 is 0 Å². The molecule has 0 spiro atoms. The normalized spacial score (nSPS) is 14.9. The molecule has 0 saturated carbocycles. The average Bonchev–Trinajstić information content (AvgIpc) is 3.24. The minimum atomic E-state index is -0.461. The molecule has 0 aliphatic carbocycles. The number of fused-ring (bicyclic) bond motifs is 1. The highest BCUT2D eigenvalue weighted by Gasteiger charge is 2.22. The minimum Gasteiger partial charge on any atom is -0.482 e. The summed E-state index contributed by atoms with van der Waals surface area (Å²) in [5.74, 6) is 2.05. The summed E-state index contributed by atoms with van der Waals surface area (Å²) in [5, 5.41) is 0. The van der Waals surface area contributed by atoms with Crippen LogP contribution in [0.4, 0.5) is 4.39 Å². The number of hydrogen-bond acceptors (Lipinski definition) is 5. The van der Waals surface area contributed by atoms with E-state index in [1.54, 1.807) is 19.1 Å². The second kappa shape index (κ2) is 10.7. The van der Waals surface area contributed by atoms with E-state index in [0.29, 0.717) is 17.9 Å². The highest BCUT2D eigenvalue weighted by atomic mass is 19.1. The first-order valence-corrected chi connectivity index (χ1v) is 11.5. The molecule has 0 saturated heterocycles. The molecule has 1 atom stereocenters. The lowest BCUT2D eigenvalue weighted by Gasteiger charge is -2.25. The SMILES string of the molecule is CCOC(=O)COc1ccc2c(c1)CCN(C(C)c1ccc(-c3ccc(CF)cc3)o1)CC2. The second-order valence-corrected chi connectivity index (χ2v) is 8.27. The molecule has 174 valence electrons. The van der Waals surface area contributed by atoms with Crippen molar-refractivity contribution >= 4 is 5.97 Å². The van der Waals surface area contributed by atoms with Crippen LogP contribution >= 0.6 is 0 Å². The Hall–Kier alpha value is -3.12. The molecule has 4 rings (SSSR count). The lowest BCUT2D eigenvalue weighted by molar-refractivity contribution is -0.145. The fraction of sp³-hybridized carbons (Fsp3) is 0.370. The Bertz CT molecular complexity index is 1080. The number of rotatable bonds is 8. The van der Waals surface area contributed by atoms with Crippen LogP contribution < -0.4 is 4.74 Å². The zero-order valence-corrected chi connectivity index (χ0v) is 19.2. The summed E-state index contributed by atoms with van der Waals surface area (Å²) in [6.45, 7) is 5.59. The fourth-order valence-electron chi connectivity index (χ4n) is 4.21. The molecule has 5 nitrogen and oxygen atoms in total. The van der Waals surface area contributed by atoms with Crippen LogP contribution in [0.25, 0.3) is 11.3 Å². The van der Waals surface area contributed by atoms with E-state index in [4.69, 9.17) is 13.9 Å². The molecule has 1 aromatic heterocycles. The molecule has 1 unspecified atom stereocenters. The van der Waals surface area contributed by atoms with Crippen molar-refractivity contribution in [3.63, 3.8) is 0 Å². The Balaban J connectivity index is 1.39. The molecule has 1 aliphatic heterocycles. The predicted molar refractivity (Wildman–Crippen MR) is 125 cm³/mol. The lowest BCUT2D eigenvalue weighted by atomic mass is 10.0. The molecule has 2 heterocycles. The first-order valence-electron chi connectivity index (χ1n) is 11.5. The van der Waals surface area contributed by atoms with Crippen molar-refractivity contribution in [3.8, 4) is 17.1 Å². The highest BCUT2D eigenvalue weighted by Crippen LogP contribution is 2.30. The van der Waals surface area contributed by atoms with Crippen LogP contribution in [0, 0.1) is 0 Å². The largest absolute Gasteiger partial charge is 0.482 e. The van der Waals surface area contributed by atoms with Crippen LogP contribution in [0.2, 0.25) is 0 Å². The maximum Gasteiger partial charge on any atom is 0.344 e. The quantitative estimate of drug-likeness (QED) is 0.422. The topological polar surface area (TPSA) is 51.9 Å². The number of nitrogens with zero attached hydrogens (tertiary/aromatic N) is 1. The van der Waals surface area contributed by atoms with E-state index in [2.05, 4.69) is 17.9 Å². The summed E-state index contributed by atoms with van der Waals surface area (Å²) in [5.41, 5.74) is 4.17. The summed E-state index contributed by atoms with van der Waals surface area (Å²) in [6, 6.07) is 17.6. The Morgan fingerprint density at radius 3 is 2.55 bits per heavy atom. The van der Waals surface area contributed by atoms with Crippen molar-refractivity contribution in [2.75, 3.05) is 26.3 Å². The molecule has 0 amide bonds. The van der Waals surface area contributed by atoms with Gasteiger partial charge in [0.2, 0.25) is 0 Å². The van der Waals surface area contributed by atoms with Crippen molar-refractivity contribution in [2.45, 2.75) is 39.4 Å². The predicted octanol–water partition coefficient (Wildman–Crippen LogP) is 5.52. The van der Waals surface area contributed by atoms with Crippen LogP contribution in [0.15, 0.2) is 59.0 Å². The van der Waals surface area contributed by atoms with Gasteiger partial charge in [0, 0.05) is 18.7 Å². The summed E-state index contributed by atoms with van der Waals surface area (Å²) in [7, 11) is 0. The van der Waals surface area contributed by atoms with Gasteiger partial charge in [0.1, 0.15) is 23.9 Å². The molecule has 0 N–H and O–H groups in total. The number of carbonyl (C=O) groups is 1. The number of halogens is 1. The Kier molecular flexibility index (Phi) is 7.45. The number of esters is 1. The van der Waals surface area contributed by atoms with Gasteiger partial charge in [-0.05, 0) is 67.6 Å². The van der Waals surface area contributed by atoms with Crippen molar-refractivity contribution in [2.24, 2.45) is 0 Å². The summed E-state index contributed by atoms with van der Waals surface area (Å²) in [6.07, 6.45) is 1.84. The van der Waals surface area contributed by atoms with E-state index in [1.165, 1.54) is 11.1 Å². The van der Waals surface area contributed by atoms with E-state index in [0.717, 1.165) is 43.0 Å². The van der Waals surface area contributed by atoms with Crippen molar-refractivity contribution in [3.05, 3.63) is 77.0 Å². The minimum absolute atomic E-state index is 0.0763. The monoisotopic (exact) mass is 451 g/mol. The summed E-state index contributed by atoms with van der Waals surface area (Å²) < 4.78 is 29.5. The molecule has 0 fully saturated rings. The fourth-order valence-corrected chi connectivity index (χ4v) is 4.21. The van der Waals surface area contributed by atoms with Gasteiger partial charge in [0.05, 0.1) is 12.6 Å². The van der Waals surface area contributed by atoms with Crippen molar-refractivity contribution in [1.82, 2.24) is 4.90 Å². The van der Waals surface area contributed by atoms with Crippen LogP contribution in [0.3, 0.4) is 0 Å². The van der Waals surface area contributed by atoms with Gasteiger partial charge in [-0.3, -0.25) is 4.90 Å². The molecule has 2 aromatic carbocycles. The molecule has 6 heteroatoms. The smallest absolute Gasteiger partial charge is 0.344 e. The van der Waals surface area contributed by atoms with Gasteiger partial charge in [0.15, 0.2) is 6.61 Å². The van der Waals surface area contributed by atoms with Crippen LogP contribution in [-0.2, 0) is 29.0 Å². The van der Waals surface area contributed by atoms with Gasteiger partial charge in [-0.15, -0.1) is 0 Å². The van der Waals surface area contributed by atoms with Gasteiger partial charge in [-0.25, -0.2) is 9.18 Å². The first kappa shape index (κ1) is 23.1. The zero-order valence-electron chi connectivity index (χ0n) is 19.2. The van der Waals surface area contributed by atoms with Gasteiger partial charge < -0.3 is 13.9 Å². The number of alkyl halides is 1. The standard InChI is InChI=1S/C27H30FNO4/c1-3-31-27(30)18-32-24-9-8-21-12-14-29(15-13-23(21)16-24)19(2)25-10-11-26(33-25)22-6-4-20(17-28)5-7-22/h4-11,16,19H,3,12-15,17-18H2,1-2H3. The van der Waals surface area contributed by atoms with Crippen molar-refractivity contribution in [1.29, 1.82) is 0 Å². The Labute approximate surface area is 194 Å². The van der Waals surface area contributed by atoms with E-state index in [1.807, 2.05) is 36.4 Å². The van der Waals surface area contributed by atoms with E-state index in [9.17, 15) is 9.18 Å². The molecule has 33 heavy (non-hydrogen) atoms. The van der Waals surface area contributed by atoms with Crippen molar-refractivity contribution < 1.29 is 23.1 Å². The number of hydrogen-bond donors (Lipinski definition) is 0. The third-order valence-electron chi connectivity index (χ3n) is 6.16. The van der Waals surface area contributed by atoms with Gasteiger partial charge in [0.25, 0.3) is 0 Å². The average molecular weight is 452 g/mol. The second-order valence-electron chi connectivity index (χ2n) is 8.27. The third kappa shape index (κ3) is 5.63. The number of benzene rings is 2. The molecule has 0 radical (unpaired) electrons. The van der Waals surface area contributed by atoms with Crippen LogP contribution in [-0.4, -0.2) is 37.2 Å². The molecule has 1 aliphatic rings. The summed E-state index contributed by atoms with van der Waals surface area (Å²) >= 11 is 0. The maximum absolute atomic E-state index is 12.8. The number of ether oxygens (including phenoxy) is 2. The number of furan rings is 1. The summed E-state index contributed by atoms with van der Waals surface area (Å²) in [4.78, 5) is 14.0. The van der Waals surface area contributed by atoms with E-state index < -0.39 is 6.67 Å². The van der Waals surface area contributed by atoms with Gasteiger partial charge in [-0.1, -0.05) is 30.3 Å². The Morgan fingerprint density at radius 1 is 1.06 bits per heavy atom. The first-order chi connectivity index (χ1) is 16.1. The molecule has 3 aromatic rings. The molecule has 0 bridgehead atoms. The number of carbonyl (C=O) groups excluding carboxylic acids is 1. The molecular weight excluding hydrogens is 421 g/mol. The maximum atomic E-state index is 12.8.